The van der Waals surface area contributed by atoms with Crippen LogP contribution in [0, 0.1) is 0 Å². The molecule has 0 saturated carbocycles. The number of pyridine rings is 2. The molecular formula is C19H14N2O2. The summed E-state index contributed by atoms with van der Waals surface area (Å²) in [6, 6.07) is 17.3. The van der Waals surface area contributed by atoms with Crippen molar-refractivity contribution in [3.05, 3.63) is 71.1 Å². The second kappa shape index (κ2) is 5.25. The van der Waals surface area contributed by atoms with Crippen molar-refractivity contribution in [2.75, 3.05) is 7.11 Å². The van der Waals surface area contributed by atoms with Crippen LogP contribution < -0.4 is 10.3 Å². The Morgan fingerprint density at radius 2 is 1.96 bits per heavy atom. The van der Waals surface area contributed by atoms with Crippen LogP contribution >= 0.6 is 0 Å². The van der Waals surface area contributed by atoms with Gasteiger partial charge in [0, 0.05) is 23.2 Å². The number of rotatable bonds is 2. The third kappa shape index (κ3) is 2.25. The molecule has 1 N–H and O–H groups in total. The maximum Gasteiger partial charge on any atom is 0.248 e. The average Bonchev–Trinajstić information content (AvgIpc) is 2.60. The lowest BCUT2D eigenvalue weighted by molar-refractivity contribution is 0.419. The van der Waals surface area contributed by atoms with E-state index >= 15 is 0 Å². The number of nitrogens with zero attached hydrogens (tertiary/aromatic N) is 1. The quantitative estimate of drug-likeness (QED) is 0.613. The molecule has 4 rings (SSSR count). The Balaban J connectivity index is 1.99. The molecule has 4 nitrogen and oxygen atoms in total. The number of benzene rings is 2. The highest BCUT2D eigenvalue weighted by Gasteiger charge is 2.09. The molecule has 2 aromatic heterocycles. The van der Waals surface area contributed by atoms with Crippen molar-refractivity contribution in [3.63, 3.8) is 0 Å². The van der Waals surface area contributed by atoms with Crippen LogP contribution in [0.25, 0.3) is 32.9 Å². The third-order valence-corrected chi connectivity index (χ3v) is 3.99. The maximum atomic E-state index is 11.4. The summed E-state index contributed by atoms with van der Waals surface area (Å²) in [5.74, 6) is 0.759. The van der Waals surface area contributed by atoms with E-state index < -0.39 is 0 Å². The normalized spacial score (nSPS) is 11.0. The number of aromatic amines is 1. The molecule has 2 aromatic carbocycles. The number of H-pyrrole nitrogens is 1. The fraction of sp³-hybridized carbons (Fsp3) is 0.0526. The first-order chi connectivity index (χ1) is 11.3. The van der Waals surface area contributed by atoms with Crippen LogP contribution in [-0.4, -0.2) is 17.1 Å². The van der Waals surface area contributed by atoms with Crippen molar-refractivity contribution in [2.24, 2.45) is 0 Å². The van der Waals surface area contributed by atoms with Gasteiger partial charge in [0.05, 0.1) is 7.11 Å². The van der Waals surface area contributed by atoms with E-state index in [1.54, 1.807) is 19.4 Å². The second-order valence-corrected chi connectivity index (χ2v) is 5.34. The number of aromatic nitrogens is 2. The Hall–Kier alpha value is -3.14. The highest BCUT2D eigenvalue weighted by atomic mass is 16.5. The molecule has 23 heavy (non-hydrogen) atoms. The molecule has 0 aliphatic carbocycles. The summed E-state index contributed by atoms with van der Waals surface area (Å²) in [7, 11) is 1.65. The Morgan fingerprint density at radius 1 is 1.04 bits per heavy atom. The molecule has 0 saturated heterocycles. The third-order valence-electron chi connectivity index (χ3n) is 3.99. The minimum atomic E-state index is -0.0932. The molecule has 0 fully saturated rings. The van der Waals surface area contributed by atoms with Crippen molar-refractivity contribution in [1.82, 2.24) is 9.97 Å². The Morgan fingerprint density at radius 3 is 2.83 bits per heavy atom. The highest BCUT2D eigenvalue weighted by Crippen LogP contribution is 2.33. The predicted octanol–water partition coefficient (Wildman–Crippen LogP) is 3.75. The average molecular weight is 302 g/mol. The van der Waals surface area contributed by atoms with Crippen LogP contribution in [0.5, 0.6) is 5.75 Å². The summed E-state index contributed by atoms with van der Waals surface area (Å²) in [5, 5.41) is 2.03. The van der Waals surface area contributed by atoms with E-state index in [9.17, 15) is 4.79 Å². The van der Waals surface area contributed by atoms with Gasteiger partial charge in [-0.3, -0.25) is 9.78 Å². The second-order valence-electron chi connectivity index (χ2n) is 5.34. The molecule has 4 heteroatoms. The molecular weight excluding hydrogens is 288 g/mol. The van der Waals surface area contributed by atoms with E-state index in [1.165, 1.54) is 0 Å². The SMILES string of the molecule is COc1ccc(-c2ccc3[nH]c(=O)ccc3c2)c2cccnc12. The fourth-order valence-electron chi connectivity index (χ4n) is 2.89. The summed E-state index contributed by atoms with van der Waals surface area (Å²) >= 11 is 0. The molecule has 0 spiro atoms. The standard InChI is InChI=1S/C19H14N2O2/c1-23-17-8-6-14(15-3-2-10-20-19(15)17)12-4-7-16-13(11-12)5-9-18(22)21-16/h2-11H,1H3,(H,21,22). The molecule has 0 radical (unpaired) electrons. The van der Waals surface area contributed by atoms with Gasteiger partial charge in [-0.15, -0.1) is 0 Å². The van der Waals surface area contributed by atoms with Crippen LogP contribution in [0.3, 0.4) is 0 Å². The van der Waals surface area contributed by atoms with Gasteiger partial charge in [-0.25, -0.2) is 0 Å². The lowest BCUT2D eigenvalue weighted by Gasteiger charge is -2.10. The summed E-state index contributed by atoms with van der Waals surface area (Å²) in [5.41, 5.74) is 3.74. The van der Waals surface area contributed by atoms with Gasteiger partial charge in [0.25, 0.3) is 0 Å². The molecule has 4 aromatic rings. The Labute approximate surface area is 132 Å². The Kier molecular flexibility index (Phi) is 3.08. The molecule has 0 aliphatic rings. The zero-order chi connectivity index (χ0) is 15.8. The number of fused-ring (bicyclic) bond motifs is 2. The predicted molar refractivity (Wildman–Crippen MR) is 91.9 cm³/mol. The first kappa shape index (κ1) is 13.5. The molecule has 2 heterocycles. The highest BCUT2D eigenvalue weighted by molar-refractivity contribution is 5.99. The fourth-order valence-corrected chi connectivity index (χ4v) is 2.89. The van der Waals surface area contributed by atoms with Gasteiger partial charge in [0.2, 0.25) is 5.56 Å². The van der Waals surface area contributed by atoms with Crippen molar-refractivity contribution >= 4 is 21.8 Å². The van der Waals surface area contributed by atoms with Gasteiger partial charge < -0.3 is 9.72 Å². The lowest BCUT2D eigenvalue weighted by Crippen LogP contribution is -2.02. The van der Waals surface area contributed by atoms with Crippen molar-refractivity contribution in [3.8, 4) is 16.9 Å². The van der Waals surface area contributed by atoms with Crippen LogP contribution in [0.1, 0.15) is 0 Å². The summed E-state index contributed by atoms with van der Waals surface area (Å²) < 4.78 is 5.40. The van der Waals surface area contributed by atoms with Gasteiger partial charge >= 0.3 is 0 Å². The van der Waals surface area contributed by atoms with E-state index in [0.717, 1.165) is 38.7 Å². The largest absolute Gasteiger partial charge is 0.494 e. The van der Waals surface area contributed by atoms with E-state index in [0.29, 0.717) is 0 Å². The van der Waals surface area contributed by atoms with Crippen LogP contribution in [0.4, 0.5) is 0 Å². The summed E-state index contributed by atoms with van der Waals surface area (Å²) in [6.45, 7) is 0. The molecule has 112 valence electrons. The number of hydrogen-bond acceptors (Lipinski definition) is 3. The lowest BCUT2D eigenvalue weighted by atomic mass is 9.98. The van der Waals surface area contributed by atoms with Gasteiger partial charge in [0.1, 0.15) is 11.3 Å². The molecule has 0 unspecified atom stereocenters. The van der Waals surface area contributed by atoms with E-state index in [-0.39, 0.29) is 5.56 Å². The van der Waals surface area contributed by atoms with E-state index in [4.69, 9.17) is 4.74 Å². The molecule has 0 bridgehead atoms. The van der Waals surface area contributed by atoms with Crippen molar-refractivity contribution in [1.29, 1.82) is 0 Å². The number of nitrogens with one attached hydrogen (secondary N) is 1. The number of ether oxygens (including phenoxy) is 1. The molecule has 0 aliphatic heterocycles. The minimum Gasteiger partial charge on any atom is -0.494 e. The monoisotopic (exact) mass is 302 g/mol. The topological polar surface area (TPSA) is 55.0 Å². The number of hydrogen-bond donors (Lipinski definition) is 1. The first-order valence-electron chi connectivity index (χ1n) is 7.31. The zero-order valence-corrected chi connectivity index (χ0v) is 12.5. The number of methoxy groups -OCH3 is 1. The van der Waals surface area contributed by atoms with Gasteiger partial charge in [-0.05, 0) is 52.9 Å². The Bertz CT molecular complexity index is 1080. The summed E-state index contributed by atoms with van der Waals surface area (Å²) in [4.78, 5) is 18.7. The van der Waals surface area contributed by atoms with Crippen molar-refractivity contribution in [2.45, 2.75) is 0 Å². The minimum absolute atomic E-state index is 0.0932. The van der Waals surface area contributed by atoms with Crippen LogP contribution in [0.2, 0.25) is 0 Å². The molecule has 0 amide bonds. The van der Waals surface area contributed by atoms with E-state index in [2.05, 4.69) is 16.0 Å². The van der Waals surface area contributed by atoms with Gasteiger partial charge in [0.15, 0.2) is 0 Å². The van der Waals surface area contributed by atoms with Crippen molar-refractivity contribution < 1.29 is 4.74 Å². The maximum absolute atomic E-state index is 11.4. The zero-order valence-electron chi connectivity index (χ0n) is 12.5. The molecule has 0 atom stereocenters. The van der Waals surface area contributed by atoms with Gasteiger partial charge in [-0.2, -0.15) is 0 Å². The van der Waals surface area contributed by atoms with Gasteiger partial charge in [-0.1, -0.05) is 12.1 Å². The van der Waals surface area contributed by atoms with E-state index in [1.807, 2.05) is 42.5 Å². The van der Waals surface area contributed by atoms with Crippen LogP contribution in [0.15, 0.2) is 65.6 Å². The summed E-state index contributed by atoms with van der Waals surface area (Å²) in [6.07, 6.45) is 1.76. The first-order valence-corrected chi connectivity index (χ1v) is 7.31. The smallest absolute Gasteiger partial charge is 0.248 e. The van der Waals surface area contributed by atoms with Crippen LogP contribution in [-0.2, 0) is 0 Å².